The molecule has 0 spiro atoms. The predicted octanol–water partition coefficient (Wildman–Crippen LogP) is 2.77. The quantitative estimate of drug-likeness (QED) is 0.643. The van der Waals surface area contributed by atoms with Crippen LogP contribution in [0, 0.1) is 18.3 Å². The van der Waals surface area contributed by atoms with Crippen molar-refractivity contribution >= 4 is 29.1 Å². The summed E-state index contributed by atoms with van der Waals surface area (Å²) < 4.78 is 0. The minimum atomic E-state index is -1.02. The number of hydrogen-bond donors (Lipinski definition) is 2. The van der Waals surface area contributed by atoms with Gasteiger partial charge >= 0.3 is 0 Å². The number of aromatic nitrogens is 4. The van der Waals surface area contributed by atoms with Gasteiger partial charge in [-0.2, -0.15) is 5.26 Å². The summed E-state index contributed by atoms with van der Waals surface area (Å²) in [6, 6.07) is 7.40. The molecule has 1 unspecified atom stereocenters. The highest BCUT2D eigenvalue weighted by Crippen LogP contribution is 2.29. The van der Waals surface area contributed by atoms with Crippen molar-refractivity contribution < 1.29 is 4.79 Å². The molecular formula is C19H14Cl2N6O2. The lowest BCUT2D eigenvalue weighted by Crippen LogP contribution is -2.32. The Labute approximate surface area is 175 Å². The molecule has 3 aromatic rings. The average molecular weight is 429 g/mol. The van der Waals surface area contributed by atoms with E-state index in [4.69, 9.17) is 23.2 Å². The van der Waals surface area contributed by atoms with Gasteiger partial charge in [0, 0.05) is 29.2 Å². The molecular weight excluding hydrogens is 415 g/mol. The van der Waals surface area contributed by atoms with Crippen molar-refractivity contribution in [1.82, 2.24) is 25.3 Å². The molecule has 0 bridgehead atoms. The molecule has 2 aromatic heterocycles. The van der Waals surface area contributed by atoms with Crippen LogP contribution in [0.25, 0.3) is 11.6 Å². The van der Waals surface area contributed by atoms with E-state index in [2.05, 4.69) is 25.3 Å². The van der Waals surface area contributed by atoms with Crippen LogP contribution < -0.4 is 10.9 Å². The van der Waals surface area contributed by atoms with Gasteiger partial charge in [-0.1, -0.05) is 35.3 Å². The molecule has 3 rings (SSSR count). The summed E-state index contributed by atoms with van der Waals surface area (Å²) in [6.07, 6.45) is 2.80. The van der Waals surface area contributed by atoms with Gasteiger partial charge < -0.3 is 10.3 Å². The van der Waals surface area contributed by atoms with Gasteiger partial charge in [0.05, 0.1) is 22.5 Å². The van der Waals surface area contributed by atoms with Gasteiger partial charge in [0.25, 0.3) is 5.56 Å². The molecule has 8 nitrogen and oxygen atoms in total. The van der Waals surface area contributed by atoms with Crippen molar-refractivity contribution in [3.05, 3.63) is 73.9 Å². The van der Waals surface area contributed by atoms with E-state index in [9.17, 15) is 14.9 Å². The molecule has 146 valence electrons. The van der Waals surface area contributed by atoms with Crippen LogP contribution in [0.15, 0.2) is 41.5 Å². The number of carbonyl (C=O) groups is 1. The van der Waals surface area contributed by atoms with Crippen LogP contribution in [0.1, 0.15) is 22.9 Å². The van der Waals surface area contributed by atoms with E-state index in [-0.39, 0.29) is 33.7 Å². The zero-order chi connectivity index (χ0) is 21.0. The lowest BCUT2D eigenvalue weighted by atomic mass is 10.1. The van der Waals surface area contributed by atoms with Gasteiger partial charge in [-0.15, -0.1) is 0 Å². The number of rotatable bonds is 5. The molecule has 0 saturated heterocycles. The van der Waals surface area contributed by atoms with Crippen molar-refractivity contribution in [2.75, 3.05) is 0 Å². The Kier molecular flexibility index (Phi) is 6.22. The van der Waals surface area contributed by atoms with Crippen LogP contribution >= 0.6 is 23.2 Å². The SMILES string of the molecule is Cc1nc(-c2ncccn2)[nH]c(=O)c1CC(=O)NC(C#N)c1cccc(Cl)c1Cl. The number of aromatic amines is 1. The molecule has 0 fully saturated rings. The number of aryl methyl sites for hydroxylation is 1. The third-order valence-corrected chi connectivity index (χ3v) is 4.90. The number of amides is 1. The van der Waals surface area contributed by atoms with Gasteiger partial charge in [0.2, 0.25) is 5.91 Å². The lowest BCUT2D eigenvalue weighted by Gasteiger charge is -2.14. The van der Waals surface area contributed by atoms with E-state index in [1.54, 1.807) is 31.2 Å². The summed E-state index contributed by atoms with van der Waals surface area (Å²) >= 11 is 12.1. The zero-order valence-electron chi connectivity index (χ0n) is 15.1. The maximum atomic E-state index is 12.5. The van der Waals surface area contributed by atoms with Crippen LogP contribution in [-0.2, 0) is 11.2 Å². The molecule has 2 N–H and O–H groups in total. The number of carbonyl (C=O) groups excluding carboxylic acids is 1. The van der Waals surface area contributed by atoms with Gasteiger partial charge in [-0.3, -0.25) is 9.59 Å². The van der Waals surface area contributed by atoms with Gasteiger partial charge in [0.1, 0.15) is 6.04 Å². The summed E-state index contributed by atoms with van der Waals surface area (Å²) in [4.78, 5) is 39.9. The molecule has 0 aliphatic carbocycles. The average Bonchev–Trinajstić information content (AvgIpc) is 2.71. The third kappa shape index (κ3) is 4.59. The second kappa shape index (κ2) is 8.82. The molecule has 2 heterocycles. The van der Waals surface area contributed by atoms with Crippen LogP contribution in [0.4, 0.5) is 0 Å². The summed E-state index contributed by atoms with van der Waals surface area (Å²) in [5, 5.41) is 12.4. The summed E-state index contributed by atoms with van der Waals surface area (Å²) in [5.41, 5.74) is 0.427. The topological polar surface area (TPSA) is 124 Å². The molecule has 0 saturated carbocycles. The number of nitriles is 1. The molecule has 1 aromatic carbocycles. The van der Waals surface area contributed by atoms with Crippen molar-refractivity contribution in [2.45, 2.75) is 19.4 Å². The predicted molar refractivity (Wildman–Crippen MR) is 107 cm³/mol. The second-order valence-corrected chi connectivity index (χ2v) is 6.79. The molecule has 0 aliphatic rings. The smallest absolute Gasteiger partial charge is 0.255 e. The number of nitrogens with zero attached hydrogens (tertiary/aromatic N) is 4. The molecule has 29 heavy (non-hydrogen) atoms. The van der Waals surface area contributed by atoms with Crippen LogP contribution in [-0.4, -0.2) is 25.8 Å². The van der Waals surface area contributed by atoms with Gasteiger partial charge in [-0.25, -0.2) is 15.0 Å². The third-order valence-electron chi connectivity index (χ3n) is 4.06. The van der Waals surface area contributed by atoms with Crippen molar-refractivity contribution in [1.29, 1.82) is 5.26 Å². The summed E-state index contributed by atoms with van der Waals surface area (Å²) in [6.45, 7) is 1.61. The fraction of sp³-hybridized carbons (Fsp3) is 0.158. The zero-order valence-corrected chi connectivity index (χ0v) is 16.6. The number of nitrogens with one attached hydrogen (secondary N) is 2. The Hall–Kier alpha value is -3.28. The maximum absolute atomic E-state index is 12.5. The highest BCUT2D eigenvalue weighted by atomic mass is 35.5. The van der Waals surface area contributed by atoms with Gasteiger partial charge in [0.15, 0.2) is 11.6 Å². The van der Waals surface area contributed by atoms with Crippen molar-refractivity contribution in [2.24, 2.45) is 0 Å². The van der Waals surface area contributed by atoms with E-state index >= 15 is 0 Å². The standard InChI is InChI=1S/C19H14Cl2N6O2/c1-10-12(19(29)27-18(25-10)17-23-6-3-7-24-17)8-15(28)26-14(9-22)11-4-2-5-13(20)16(11)21/h2-7,14H,8H2,1H3,(H,26,28)(H,25,27,29). The van der Waals surface area contributed by atoms with Gasteiger partial charge in [-0.05, 0) is 19.1 Å². The van der Waals surface area contributed by atoms with E-state index in [0.29, 0.717) is 11.3 Å². The number of hydrogen-bond acceptors (Lipinski definition) is 6. The van der Waals surface area contributed by atoms with E-state index in [1.807, 2.05) is 6.07 Å². The molecule has 1 atom stereocenters. The maximum Gasteiger partial charge on any atom is 0.255 e. The normalized spacial score (nSPS) is 11.5. The highest BCUT2D eigenvalue weighted by molar-refractivity contribution is 6.42. The Bertz CT molecular complexity index is 1160. The first kappa shape index (κ1) is 20.5. The first-order valence-electron chi connectivity index (χ1n) is 8.40. The fourth-order valence-electron chi connectivity index (χ4n) is 2.64. The van der Waals surface area contributed by atoms with E-state index < -0.39 is 17.5 Å². The van der Waals surface area contributed by atoms with Crippen LogP contribution in [0.5, 0.6) is 0 Å². The largest absolute Gasteiger partial charge is 0.336 e. The monoisotopic (exact) mass is 428 g/mol. The molecule has 0 radical (unpaired) electrons. The Balaban J connectivity index is 1.81. The van der Waals surface area contributed by atoms with E-state index in [1.165, 1.54) is 12.4 Å². The number of benzene rings is 1. The Morgan fingerprint density at radius 3 is 2.66 bits per heavy atom. The first-order chi connectivity index (χ1) is 13.9. The Morgan fingerprint density at radius 2 is 2.00 bits per heavy atom. The minimum Gasteiger partial charge on any atom is -0.336 e. The van der Waals surface area contributed by atoms with Crippen molar-refractivity contribution in [3.8, 4) is 17.7 Å². The van der Waals surface area contributed by atoms with Crippen LogP contribution in [0.3, 0.4) is 0 Å². The molecule has 10 heteroatoms. The first-order valence-corrected chi connectivity index (χ1v) is 9.16. The molecule has 0 aliphatic heterocycles. The highest BCUT2D eigenvalue weighted by Gasteiger charge is 2.20. The summed E-state index contributed by atoms with van der Waals surface area (Å²) in [7, 11) is 0. The second-order valence-electron chi connectivity index (χ2n) is 6.00. The Morgan fingerprint density at radius 1 is 1.28 bits per heavy atom. The number of halogens is 2. The molecule has 1 amide bonds. The summed E-state index contributed by atoms with van der Waals surface area (Å²) in [5.74, 6) is -0.0617. The number of H-pyrrole nitrogens is 1. The minimum absolute atomic E-state index is 0.177. The van der Waals surface area contributed by atoms with Crippen molar-refractivity contribution in [3.63, 3.8) is 0 Å². The van der Waals surface area contributed by atoms with E-state index in [0.717, 1.165) is 0 Å². The fourth-order valence-corrected chi connectivity index (χ4v) is 3.06. The van der Waals surface area contributed by atoms with Crippen LogP contribution in [0.2, 0.25) is 10.0 Å². The lowest BCUT2D eigenvalue weighted by molar-refractivity contribution is -0.120.